The molecule has 5 nitrogen and oxygen atoms in total. The Morgan fingerprint density at radius 2 is 2.08 bits per heavy atom. The molecule has 0 unspecified atom stereocenters. The monoisotopic (exact) mass is 170 g/mol. The van der Waals surface area contributed by atoms with Crippen molar-refractivity contribution in [1.29, 1.82) is 0 Å². The van der Waals surface area contributed by atoms with Crippen LogP contribution >= 0.6 is 0 Å². The lowest BCUT2D eigenvalue weighted by Gasteiger charge is -2.11. The number of hydrogen-bond donors (Lipinski definition) is 2. The minimum atomic E-state index is -0.213. The standard InChI is InChI=1S/C7H14N4O/c1-7(2,3)5-6(12)11(8-4)10-9-5/h8,10H,1-4H3. The van der Waals surface area contributed by atoms with Crippen molar-refractivity contribution in [1.82, 2.24) is 15.1 Å². The van der Waals surface area contributed by atoms with Gasteiger partial charge in [0.1, 0.15) is 5.69 Å². The van der Waals surface area contributed by atoms with E-state index in [0.717, 1.165) is 0 Å². The van der Waals surface area contributed by atoms with Crippen molar-refractivity contribution in [2.24, 2.45) is 0 Å². The molecule has 0 bridgehead atoms. The van der Waals surface area contributed by atoms with E-state index in [-0.39, 0.29) is 11.0 Å². The van der Waals surface area contributed by atoms with Crippen LogP contribution in [0.3, 0.4) is 0 Å². The first-order valence-electron chi connectivity index (χ1n) is 3.82. The number of nitrogens with zero attached hydrogens (tertiary/aromatic N) is 2. The maximum atomic E-state index is 11.5. The summed E-state index contributed by atoms with van der Waals surface area (Å²) in [6.07, 6.45) is 0. The van der Waals surface area contributed by atoms with Crippen LogP contribution < -0.4 is 11.0 Å². The van der Waals surface area contributed by atoms with Gasteiger partial charge in [0.25, 0.3) is 0 Å². The van der Waals surface area contributed by atoms with Gasteiger partial charge >= 0.3 is 5.56 Å². The second kappa shape index (κ2) is 2.66. The van der Waals surface area contributed by atoms with Gasteiger partial charge in [0.15, 0.2) is 0 Å². The molecule has 1 aromatic heterocycles. The molecule has 0 saturated heterocycles. The molecule has 0 atom stereocenters. The second-order valence-electron chi connectivity index (χ2n) is 3.67. The number of aromatic amines is 1. The molecule has 2 N–H and O–H groups in total. The van der Waals surface area contributed by atoms with Gasteiger partial charge in [-0.25, -0.2) is 0 Å². The summed E-state index contributed by atoms with van der Waals surface area (Å²) in [5, 5.41) is 6.49. The molecule has 0 saturated carbocycles. The van der Waals surface area contributed by atoms with E-state index >= 15 is 0 Å². The normalized spacial score (nSPS) is 11.7. The van der Waals surface area contributed by atoms with Crippen molar-refractivity contribution in [3.8, 4) is 0 Å². The van der Waals surface area contributed by atoms with Crippen LogP contribution in [0.4, 0.5) is 0 Å². The van der Waals surface area contributed by atoms with Crippen LogP contribution in [0.25, 0.3) is 0 Å². The first kappa shape index (κ1) is 8.83. The maximum Gasteiger partial charge on any atom is 0.309 e. The lowest BCUT2D eigenvalue weighted by molar-refractivity contribution is 0.562. The van der Waals surface area contributed by atoms with Crippen molar-refractivity contribution in [3.63, 3.8) is 0 Å². The van der Waals surface area contributed by atoms with Gasteiger partial charge in [-0.05, 0) is 0 Å². The second-order valence-corrected chi connectivity index (χ2v) is 3.67. The van der Waals surface area contributed by atoms with Crippen molar-refractivity contribution < 1.29 is 0 Å². The SMILES string of the molecule is CNn1[nH]nc(C(C)(C)C)c1=O. The van der Waals surface area contributed by atoms with Crippen molar-refractivity contribution >= 4 is 0 Å². The van der Waals surface area contributed by atoms with E-state index in [4.69, 9.17) is 0 Å². The first-order chi connectivity index (χ1) is 5.46. The quantitative estimate of drug-likeness (QED) is 0.625. The maximum absolute atomic E-state index is 11.5. The molecule has 0 aliphatic heterocycles. The Morgan fingerprint density at radius 3 is 2.33 bits per heavy atom. The molecule has 0 fully saturated rings. The summed E-state index contributed by atoms with van der Waals surface area (Å²) in [6.45, 7) is 5.85. The van der Waals surface area contributed by atoms with E-state index in [1.807, 2.05) is 20.8 Å². The molecule has 12 heavy (non-hydrogen) atoms. The lowest BCUT2D eigenvalue weighted by atomic mass is 9.93. The van der Waals surface area contributed by atoms with Gasteiger partial charge in [0, 0.05) is 12.5 Å². The van der Waals surface area contributed by atoms with Crippen LogP contribution in [-0.2, 0) is 5.41 Å². The Morgan fingerprint density at radius 1 is 1.50 bits per heavy atom. The first-order valence-corrected chi connectivity index (χ1v) is 3.82. The van der Waals surface area contributed by atoms with E-state index < -0.39 is 0 Å². The zero-order valence-corrected chi connectivity index (χ0v) is 7.80. The van der Waals surface area contributed by atoms with Gasteiger partial charge in [-0.3, -0.25) is 4.79 Å². The third-order valence-electron chi connectivity index (χ3n) is 1.60. The summed E-state index contributed by atoms with van der Waals surface area (Å²) in [6, 6.07) is 0. The zero-order chi connectivity index (χ0) is 9.35. The molecule has 1 heterocycles. The van der Waals surface area contributed by atoms with Crippen LogP contribution in [0, 0.1) is 0 Å². The summed E-state index contributed by atoms with van der Waals surface area (Å²) in [5.41, 5.74) is 2.88. The number of hydrogen-bond acceptors (Lipinski definition) is 3. The summed E-state index contributed by atoms with van der Waals surface area (Å²) < 4.78 is 0. The van der Waals surface area contributed by atoms with E-state index in [1.54, 1.807) is 7.05 Å². The largest absolute Gasteiger partial charge is 0.310 e. The number of aromatic nitrogens is 3. The third-order valence-corrected chi connectivity index (χ3v) is 1.60. The number of nitrogens with one attached hydrogen (secondary N) is 2. The van der Waals surface area contributed by atoms with Gasteiger partial charge < -0.3 is 5.43 Å². The Labute approximate surface area is 70.7 Å². The third kappa shape index (κ3) is 1.34. The molecule has 0 aliphatic rings. The van der Waals surface area contributed by atoms with E-state index in [9.17, 15) is 4.79 Å². The smallest absolute Gasteiger partial charge is 0.309 e. The highest BCUT2D eigenvalue weighted by Crippen LogP contribution is 2.14. The number of H-pyrrole nitrogens is 1. The fourth-order valence-corrected chi connectivity index (χ4v) is 0.939. The van der Waals surface area contributed by atoms with Gasteiger partial charge in [-0.1, -0.05) is 20.8 Å². The van der Waals surface area contributed by atoms with Crippen molar-refractivity contribution in [3.05, 3.63) is 16.0 Å². The fraction of sp³-hybridized carbons (Fsp3) is 0.714. The van der Waals surface area contributed by atoms with E-state index in [1.165, 1.54) is 4.79 Å². The fourth-order valence-electron chi connectivity index (χ4n) is 0.939. The molecule has 68 valence electrons. The molecule has 0 aromatic carbocycles. The Balaban J connectivity index is 3.21. The van der Waals surface area contributed by atoms with Gasteiger partial charge in [-0.15, -0.1) is 4.79 Å². The highest BCUT2D eigenvalue weighted by molar-refractivity contribution is 5.07. The molecule has 1 rings (SSSR count). The average Bonchev–Trinajstić information content (AvgIpc) is 2.29. The lowest BCUT2D eigenvalue weighted by Crippen LogP contribution is -2.29. The molecule has 5 heteroatoms. The van der Waals surface area contributed by atoms with Gasteiger partial charge in [0.2, 0.25) is 0 Å². The molecule has 0 aliphatic carbocycles. The zero-order valence-electron chi connectivity index (χ0n) is 7.80. The Hall–Kier alpha value is -1.26. The summed E-state index contributed by atoms with van der Waals surface area (Å²) >= 11 is 0. The molecular formula is C7H14N4O. The van der Waals surface area contributed by atoms with Crippen LogP contribution in [0.1, 0.15) is 26.5 Å². The molecule has 0 spiro atoms. The molecular weight excluding hydrogens is 156 g/mol. The Bertz CT molecular complexity index is 317. The van der Waals surface area contributed by atoms with Gasteiger partial charge in [0.05, 0.1) is 0 Å². The predicted molar refractivity (Wildman–Crippen MR) is 46.8 cm³/mol. The topological polar surface area (TPSA) is 62.7 Å². The van der Waals surface area contributed by atoms with Gasteiger partial charge in [-0.2, -0.15) is 10.3 Å². The van der Waals surface area contributed by atoms with Crippen molar-refractivity contribution in [2.45, 2.75) is 26.2 Å². The highest BCUT2D eigenvalue weighted by Gasteiger charge is 2.22. The van der Waals surface area contributed by atoms with Crippen molar-refractivity contribution in [2.75, 3.05) is 12.5 Å². The van der Waals surface area contributed by atoms with E-state index in [0.29, 0.717) is 5.69 Å². The van der Waals surface area contributed by atoms with Crippen LogP contribution in [-0.4, -0.2) is 22.2 Å². The predicted octanol–water partition coefficient (Wildman–Crippen LogP) is 0.0422. The minimum Gasteiger partial charge on any atom is -0.310 e. The van der Waals surface area contributed by atoms with Crippen LogP contribution in [0.5, 0.6) is 0 Å². The summed E-state index contributed by atoms with van der Waals surface area (Å²) in [5.74, 6) is 0. The van der Waals surface area contributed by atoms with Crippen LogP contribution in [0.15, 0.2) is 4.79 Å². The molecule has 1 aromatic rings. The molecule has 0 amide bonds. The summed E-state index contributed by atoms with van der Waals surface area (Å²) in [7, 11) is 1.66. The summed E-state index contributed by atoms with van der Waals surface area (Å²) in [4.78, 5) is 12.7. The highest BCUT2D eigenvalue weighted by atomic mass is 16.1. The Kier molecular flexibility index (Phi) is 1.95. The minimum absolute atomic E-state index is 0.120. The van der Waals surface area contributed by atoms with Crippen LogP contribution in [0.2, 0.25) is 0 Å². The molecule has 0 radical (unpaired) electrons. The average molecular weight is 170 g/mol. The number of rotatable bonds is 1. The van der Waals surface area contributed by atoms with E-state index in [2.05, 4.69) is 15.7 Å².